The van der Waals surface area contributed by atoms with Crippen molar-refractivity contribution >= 4 is 17.7 Å². The van der Waals surface area contributed by atoms with Gasteiger partial charge in [0.1, 0.15) is 24.1 Å². The van der Waals surface area contributed by atoms with Crippen LogP contribution in [0.5, 0.6) is 5.75 Å². The average molecular weight is 479 g/mol. The van der Waals surface area contributed by atoms with E-state index in [0.29, 0.717) is 0 Å². The van der Waals surface area contributed by atoms with Gasteiger partial charge in [-0.25, -0.2) is 4.39 Å². The van der Waals surface area contributed by atoms with Crippen LogP contribution >= 0.6 is 0 Å². The fraction of sp³-hybridized carbons (Fsp3) is 0.400. The molecule has 178 valence electrons. The van der Waals surface area contributed by atoms with E-state index in [-0.39, 0.29) is 36.8 Å². The molecule has 1 N–H and O–H groups in total. The van der Waals surface area contributed by atoms with Crippen LogP contribution in [0.3, 0.4) is 0 Å². The molecule has 0 radical (unpaired) electrons. The number of nitrogens with zero attached hydrogens (tertiary/aromatic N) is 2. The number of nitrogens with one attached hydrogen (secondary N) is 1. The number of piperidine rings is 1. The minimum atomic E-state index is -3.78. The predicted molar refractivity (Wildman–Crippen MR) is 119 cm³/mol. The minimum absolute atomic E-state index is 0.112. The van der Waals surface area contributed by atoms with Crippen molar-refractivity contribution < 1.29 is 43.3 Å². The Labute approximate surface area is 212 Å². The Bertz CT molecular complexity index is 1600. The summed E-state index contributed by atoms with van der Waals surface area (Å²) < 4.78 is 118. The highest BCUT2D eigenvalue weighted by Crippen LogP contribution is 2.34. The first-order valence-corrected chi connectivity index (χ1v) is 10.3. The molecule has 1 atom stereocenters. The van der Waals surface area contributed by atoms with Crippen molar-refractivity contribution in [3.05, 3.63) is 64.5 Å². The van der Waals surface area contributed by atoms with Crippen LogP contribution < -0.4 is 10.1 Å². The maximum Gasteiger partial charge on any atom is 0.255 e. The van der Waals surface area contributed by atoms with E-state index in [2.05, 4.69) is 0 Å². The van der Waals surface area contributed by atoms with Crippen LogP contribution in [0.15, 0.2) is 36.4 Å². The summed E-state index contributed by atoms with van der Waals surface area (Å²) in [5, 5.41) is 1.48. The summed E-state index contributed by atoms with van der Waals surface area (Å²) in [7, 11) is 0. The van der Waals surface area contributed by atoms with Gasteiger partial charge in [0.25, 0.3) is 5.91 Å². The molecule has 0 saturated carbocycles. The summed E-state index contributed by atoms with van der Waals surface area (Å²) in [5.41, 5.74) is -2.17. The van der Waals surface area contributed by atoms with Crippen molar-refractivity contribution in [2.75, 3.05) is 26.3 Å². The SMILES string of the molecule is [2H]C([2H])(Oc1cccc2c1C([2H])([2H])N([C@@]1([2H])C(=O)NC(=O)C([2H])([2H])C1([2H])[2H])C2=O)c1ccc(C([2H])([2H])N2CCOCC2)cc1F. The van der Waals surface area contributed by atoms with Gasteiger partial charge in [-0.1, -0.05) is 18.2 Å². The highest BCUT2D eigenvalue weighted by Gasteiger charge is 2.40. The molecule has 3 amide bonds. The average Bonchev–Trinajstić information content (AvgIpc) is 3.17. The van der Waals surface area contributed by atoms with Gasteiger partial charge in [-0.3, -0.25) is 24.6 Å². The lowest BCUT2D eigenvalue weighted by Crippen LogP contribution is -2.52. The van der Waals surface area contributed by atoms with E-state index < -0.39 is 84.3 Å². The monoisotopic (exact) mass is 478 g/mol. The van der Waals surface area contributed by atoms with Crippen LogP contribution in [0.25, 0.3) is 0 Å². The molecule has 5 rings (SSSR count). The number of rotatable bonds is 6. The molecule has 3 aliphatic rings. The topological polar surface area (TPSA) is 88.2 Å². The maximum absolute atomic E-state index is 15.4. The second kappa shape index (κ2) is 9.52. The fourth-order valence-electron chi connectivity index (χ4n) is 3.51. The minimum Gasteiger partial charge on any atom is -0.488 e. The molecule has 0 spiro atoms. The number of benzene rings is 2. The highest BCUT2D eigenvalue weighted by molar-refractivity contribution is 6.05. The van der Waals surface area contributed by atoms with Gasteiger partial charge >= 0.3 is 0 Å². The number of imide groups is 1. The third kappa shape index (κ3) is 4.53. The third-order valence-corrected chi connectivity index (χ3v) is 5.18. The molecule has 0 aliphatic carbocycles. The Balaban J connectivity index is 1.52. The van der Waals surface area contributed by atoms with E-state index in [9.17, 15) is 14.4 Å². The normalized spacial score (nSPS) is 33.1. The highest BCUT2D eigenvalue weighted by atomic mass is 19.1. The number of carbonyl (C=O) groups excluding carboxylic acids is 3. The number of fused-ring (bicyclic) bond motifs is 1. The van der Waals surface area contributed by atoms with E-state index in [1.165, 1.54) is 10.2 Å². The van der Waals surface area contributed by atoms with Crippen LogP contribution in [-0.2, 0) is 33.9 Å². The van der Waals surface area contributed by atoms with E-state index in [0.717, 1.165) is 36.4 Å². The summed E-state index contributed by atoms with van der Waals surface area (Å²) >= 11 is 0. The van der Waals surface area contributed by atoms with Crippen molar-refractivity contribution in [3.8, 4) is 5.75 Å². The largest absolute Gasteiger partial charge is 0.488 e. The molecular formula is C25H26FN3O5. The van der Waals surface area contributed by atoms with E-state index in [4.69, 9.17) is 24.6 Å². The summed E-state index contributed by atoms with van der Waals surface area (Å²) in [6.07, 6.45) is -7.34. The van der Waals surface area contributed by atoms with Gasteiger partial charge in [-0.2, -0.15) is 0 Å². The van der Waals surface area contributed by atoms with Crippen LogP contribution in [0.4, 0.5) is 4.39 Å². The van der Waals surface area contributed by atoms with Crippen molar-refractivity contribution in [2.45, 2.75) is 38.3 Å². The van der Waals surface area contributed by atoms with Crippen molar-refractivity contribution in [1.29, 1.82) is 0 Å². The van der Waals surface area contributed by atoms with Crippen LogP contribution in [0, 0.1) is 5.82 Å². The molecule has 2 saturated heterocycles. The Morgan fingerprint density at radius 1 is 1.24 bits per heavy atom. The number of morpholine rings is 1. The zero-order chi connectivity index (χ0) is 33.5. The Morgan fingerprint density at radius 2 is 2.06 bits per heavy atom. The molecule has 34 heavy (non-hydrogen) atoms. The smallest absolute Gasteiger partial charge is 0.255 e. The fourth-order valence-corrected chi connectivity index (χ4v) is 3.51. The van der Waals surface area contributed by atoms with Gasteiger partial charge in [0.15, 0.2) is 0 Å². The van der Waals surface area contributed by atoms with E-state index >= 15 is 4.39 Å². The second-order valence-corrected chi connectivity index (χ2v) is 7.42. The molecule has 2 aromatic rings. The first kappa shape index (κ1) is 13.0. The quantitative estimate of drug-likeness (QED) is 0.639. The summed E-state index contributed by atoms with van der Waals surface area (Å²) in [6.45, 7) is -7.50. The molecule has 8 nitrogen and oxygen atoms in total. The molecule has 0 unspecified atom stereocenters. The first-order chi connectivity index (χ1) is 20.6. The zero-order valence-corrected chi connectivity index (χ0v) is 17.6. The molecular weight excluding hydrogens is 441 g/mol. The Hall–Kier alpha value is -3.30. The number of ether oxygens (including phenoxy) is 2. The van der Waals surface area contributed by atoms with Crippen molar-refractivity contribution in [2.24, 2.45) is 0 Å². The van der Waals surface area contributed by atoms with Gasteiger partial charge < -0.3 is 14.4 Å². The third-order valence-electron chi connectivity index (χ3n) is 5.18. The van der Waals surface area contributed by atoms with Gasteiger partial charge in [0.2, 0.25) is 11.8 Å². The molecule has 9 heteroatoms. The number of hydrogen-bond acceptors (Lipinski definition) is 6. The van der Waals surface area contributed by atoms with Gasteiger partial charge in [-0.05, 0) is 30.1 Å². The number of carbonyl (C=O) groups is 3. The number of halogens is 1. The van der Waals surface area contributed by atoms with Gasteiger partial charge in [-0.15, -0.1) is 0 Å². The van der Waals surface area contributed by atoms with Gasteiger partial charge in [0.05, 0.1) is 26.6 Å². The Morgan fingerprint density at radius 3 is 2.85 bits per heavy atom. The lowest BCUT2D eigenvalue weighted by molar-refractivity contribution is -0.136. The molecule has 3 heterocycles. The molecule has 0 bridgehead atoms. The standard InChI is InChI=1S/C25H26FN3O5/c26-20-12-16(13-28-8-10-33-11-9-28)4-5-17(20)15-34-22-3-1-2-18-19(22)14-29(25(18)32)21-6-7-23(30)27-24(21)31/h1-5,12,21H,6-11,13-15H2,(H,27,30,31)/t21-/m1/s1/i6D2,7D2,13D2,14D2,15D2,21D. The molecule has 2 fully saturated rings. The van der Waals surface area contributed by atoms with E-state index in [1.807, 2.05) is 0 Å². The first-order valence-electron chi connectivity index (χ1n) is 15.8. The summed E-state index contributed by atoms with van der Waals surface area (Å²) in [4.78, 5) is 39.7. The number of amides is 3. The summed E-state index contributed by atoms with van der Waals surface area (Å²) in [5.74, 6) is -6.89. The van der Waals surface area contributed by atoms with Crippen molar-refractivity contribution in [3.63, 3.8) is 0 Å². The van der Waals surface area contributed by atoms with Crippen LogP contribution in [0.1, 0.15) is 54.9 Å². The lowest BCUT2D eigenvalue weighted by atomic mass is 10.0. The summed E-state index contributed by atoms with van der Waals surface area (Å²) in [6, 6.07) is 2.42. The zero-order valence-electron chi connectivity index (χ0n) is 28.6. The van der Waals surface area contributed by atoms with Crippen LogP contribution in [-0.4, -0.2) is 59.8 Å². The molecule has 0 aromatic heterocycles. The lowest BCUT2D eigenvalue weighted by Gasteiger charge is -2.29. The second-order valence-electron chi connectivity index (χ2n) is 7.42. The van der Waals surface area contributed by atoms with Crippen LogP contribution in [0.2, 0.25) is 0 Å². The number of hydrogen-bond donors (Lipinski definition) is 1. The van der Waals surface area contributed by atoms with Gasteiger partial charge in [0, 0.05) is 50.9 Å². The van der Waals surface area contributed by atoms with E-state index in [1.54, 1.807) is 0 Å². The molecule has 2 aromatic carbocycles. The Kier molecular flexibility index (Phi) is 3.63. The predicted octanol–water partition coefficient (Wildman–Crippen LogP) is 2.00. The molecule has 3 aliphatic heterocycles. The van der Waals surface area contributed by atoms with Crippen molar-refractivity contribution in [1.82, 2.24) is 15.1 Å². The maximum atomic E-state index is 15.4.